The zero-order chi connectivity index (χ0) is 20.0. The summed E-state index contributed by atoms with van der Waals surface area (Å²) < 4.78 is 5.30. The maximum Gasteiger partial charge on any atom is 0.235 e. The molecule has 2 saturated carbocycles. The summed E-state index contributed by atoms with van der Waals surface area (Å²) in [6, 6.07) is 13.1. The number of benzene rings is 1. The number of nitrogens with zero attached hydrogens (tertiary/aromatic N) is 1. The first-order valence-corrected chi connectivity index (χ1v) is 9.58. The first kappa shape index (κ1) is 18.5. The Kier molecular flexibility index (Phi) is 4.17. The molecule has 2 aromatic rings. The Balaban J connectivity index is 1.64. The number of nitrogens with one attached hydrogen (secondary N) is 2. The smallest absolute Gasteiger partial charge is 0.235 e. The van der Waals surface area contributed by atoms with Gasteiger partial charge in [0.1, 0.15) is 16.9 Å². The minimum atomic E-state index is -1.11. The zero-order valence-electron chi connectivity index (χ0n) is 16.4. The van der Waals surface area contributed by atoms with Crippen molar-refractivity contribution in [2.45, 2.75) is 40.2 Å². The van der Waals surface area contributed by atoms with Crippen LogP contribution in [-0.2, 0) is 16.1 Å². The maximum absolute atomic E-state index is 13.5. The molecule has 1 amide bonds. The quantitative estimate of drug-likeness (QED) is 0.612. The topological polar surface area (TPSA) is 83.7 Å². The zero-order valence-corrected chi connectivity index (χ0v) is 16.4. The van der Waals surface area contributed by atoms with Crippen LogP contribution in [0, 0.1) is 16.2 Å². The second kappa shape index (κ2) is 6.33. The van der Waals surface area contributed by atoms with Gasteiger partial charge in [0.05, 0.1) is 18.5 Å². The molecule has 1 aromatic heterocycles. The molecular formula is C22H25N3O3. The standard InChI is InChI=1S/C22H25N3O3/c1-20(2)21(3)11-12-22(20,19(27)23-14-16-10-7-13-28-16)18(26)17(21)25-24-15-8-5-4-6-9-15/h4-10,13,24H,11-12,14H2,1-3H3,(H,23,27)/b25-17+. The third-order valence-electron chi connectivity index (χ3n) is 7.03. The number of fused-ring (bicyclic) bond motifs is 2. The van der Waals surface area contributed by atoms with Crippen LogP contribution in [0.2, 0.25) is 0 Å². The van der Waals surface area contributed by atoms with E-state index < -0.39 is 16.2 Å². The summed E-state index contributed by atoms with van der Waals surface area (Å²) in [4.78, 5) is 26.7. The lowest BCUT2D eigenvalue weighted by molar-refractivity contribution is -0.144. The lowest BCUT2D eigenvalue weighted by Crippen LogP contribution is -2.50. The fraction of sp³-hybridized carbons (Fsp3) is 0.409. The molecule has 0 radical (unpaired) electrons. The van der Waals surface area contributed by atoms with Gasteiger partial charge in [-0.1, -0.05) is 39.0 Å². The van der Waals surface area contributed by atoms with Crippen molar-refractivity contribution in [1.82, 2.24) is 5.32 Å². The van der Waals surface area contributed by atoms with Gasteiger partial charge < -0.3 is 9.73 Å². The number of para-hydroxylation sites is 1. The SMILES string of the molecule is CC12CCC(C(=O)NCc3ccco3)(C(=O)/C1=N\Nc1ccccc1)C2(C)C. The fourth-order valence-corrected chi connectivity index (χ4v) is 4.84. The molecule has 0 spiro atoms. The van der Waals surface area contributed by atoms with Crippen molar-refractivity contribution in [1.29, 1.82) is 0 Å². The Morgan fingerprint density at radius 2 is 1.86 bits per heavy atom. The molecule has 6 heteroatoms. The van der Waals surface area contributed by atoms with Crippen molar-refractivity contribution < 1.29 is 14.0 Å². The van der Waals surface area contributed by atoms with Crippen LogP contribution in [0.1, 0.15) is 39.4 Å². The van der Waals surface area contributed by atoms with Crippen LogP contribution in [0.4, 0.5) is 5.69 Å². The Morgan fingerprint density at radius 3 is 2.54 bits per heavy atom. The lowest BCUT2D eigenvalue weighted by Gasteiger charge is -2.37. The van der Waals surface area contributed by atoms with Gasteiger partial charge in [0.15, 0.2) is 5.78 Å². The third kappa shape index (κ3) is 2.37. The predicted molar refractivity (Wildman–Crippen MR) is 107 cm³/mol. The van der Waals surface area contributed by atoms with Gasteiger partial charge in [-0.3, -0.25) is 15.0 Å². The minimum Gasteiger partial charge on any atom is -0.467 e. The van der Waals surface area contributed by atoms with Crippen molar-refractivity contribution in [2.24, 2.45) is 21.3 Å². The highest BCUT2D eigenvalue weighted by Crippen LogP contribution is 2.69. The summed E-state index contributed by atoms with van der Waals surface area (Å²) in [7, 11) is 0. The number of ketones is 1. The van der Waals surface area contributed by atoms with E-state index in [0.717, 1.165) is 12.1 Å². The van der Waals surface area contributed by atoms with Crippen LogP contribution >= 0.6 is 0 Å². The van der Waals surface area contributed by atoms with Crippen LogP contribution < -0.4 is 10.7 Å². The average molecular weight is 379 g/mol. The summed E-state index contributed by atoms with van der Waals surface area (Å²) in [5, 5.41) is 7.39. The summed E-state index contributed by atoms with van der Waals surface area (Å²) in [6.45, 7) is 6.33. The molecule has 0 aliphatic heterocycles. The molecule has 4 rings (SSSR count). The number of anilines is 1. The molecule has 2 bridgehead atoms. The molecule has 2 unspecified atom stereocenters. The predicted octanol–water partition coefficient (Wildman–Crippen LogP) is 3.76. The highest BCUT2D eigenvalue weighted by atomic mass is 16.3. The lowest BCUT2D eigenvalue weighted by atomic mass is 9.64. The molecule has 1 heterocycles. The summed E-state index contributed by atoms with van der Waals surface area (Å²) >= 11 is 0. The number of hydrogen-bond donors (Lipinski definition) is 2. The summed E-state index contributed by atoms with van der Waals surface area (Å²) in [5.74, 6) is 0.243. The molecule has 2 aliphatic rings. The van der Waals surface area contributed by atoms with E-state index in [0.29, 0.717) is 17.9 Å². The average Bonchev–Trinajstić information content (AvgIpc) is 3.30. The van der Waals surface area contributed by atoms with Crippen molar-refractivity contribution in [3.05, 3.63) is 54.5 Å². The number of carbonyl (C=O) groups is 2. The largest absolute Gasteiger partial charge is 0.467 e. The van der Waals surface area contributed by atoms with Crippen LogP contribution in [0.15, 0.2) is 58.2 Å². The van der Waals surface area contributed by atoms with Crippen LogP contribution in [-0.4, -0.2) is 17.4 Å². The van der Waals surface area contributed by atoms with E-state index in [9.17, 15) is 9.59 Å². The molecule has 0 saturated heterocycles. The van der Waals surface area contributed by atoms with Gasteiger partial charge in [-0.2, -0.15) is 5.10 Å². The molecule has 2 fully saturated rings. The summed E-state index contributed by atoms with van der Waals surface area (Å²) in [5.41, 5.74) is 2.15. The first-order valence-electron chi connectivity index (χ1n) is 9.58. The second-order valence-corrected chi connectivity index (χ2v) is 8.39. The van der Waals surface area contributed by atoms with Crippen LogP contribution in [0.5, 0.6) is 0 Å². The molecule has 2 aliphatic carbocycles. The summed E-state index contributed by atoms with van der Waals surface area (Å²) in [6.07, 6.45) is 2.84. The Bertz CT molecular complexity index is 933. The van der Waals surface area contributed by atoms with E-state index in [-0.39, 0.29) is 18.2 Å². The van der Waals surface area contributed by atoms with Crippen molar-refractivity contribution in [3.8, 4) is 0 Å². The number of Topliss-reactive ketones (excluding diaryl/α,β-unsaturated/α-hetero) is 1. The molecule has 2 atom stereocenters. The Hall–Kier alpha value is -2.89. The number of hydrazone groups is 1. The van der Waals surface area contributed by atoms with E-state index in [1.165, 1.54) is 0 Å². The van der Waals surface area contributed by atoms with E-state index in [2.05, 4.69) is 15.8 Å². The highest BCUT2D eigenvalue weighted by molar-refractivity contribution is 6.50. The van der Waals surface area contributed by atoms with Crippen molar-refractivity contribution >= 4 is 23.1 Å². The second-order valence-electron chi connectivity index (χ2n) is 8.39. The van der Waals surface area contributed by atoms with Crippen molar-refractivity contribution in [3.63, 3.8) is 0 Å². The number of rotatable bonds is 5. The monoisotopic (exact) mass is 379 g/mol. The molecule has 146 valence electrons. The number of furan rings is 1. The first-order chi connectivity index (χ1) is 13.3. The molecule has 1 aromatic carbocycles. The number of amides is 1. The molecule has 6 nitrogen and oxygen atoms in total. The normalized spacial score (nSPS) is 29.2. The van der Waals surface area contributed by atoms with Gasteiger partial charge in [0.25, 0.3) is 0 Å². The molecular weight excluding hydrogens is 354 g/mol. The van der Waals surface area contributed by atoms with E-state index in [1.54, 1.807) is 18.4 Å². The van der Waals surface area contributed by atoms with Crippen molar-refractivity contribution in [2.75, 3.05) is 5.43 Å². The van der Waals surface area contributed by atoms with Gasteiger partial charge in [-0.05, 0) is 42.5 Å². The van der Waals surface area contributed by atoms with Gasteiger partial charge in [-0.15, -0.1) is 0 Å². The van der Waals surface area contributed by atoms with E-state index in [4.69, 9.17) is 4.42 Å². The Labute approximate surface area is 164 Å². The number of hydrogen-bond acceptors (Lipinski definition) is 5. The van der Waals surface area contributed by atoms with Gasteiger partial charge in [0, 0.05) is 5.41 Å². The van der Waals surface area contributed by atoms with E-state index >= 15 is 0 Å². The Morgan fingerprint density at radius 1 is 1.11 bits per heavy atom. The fourth-order valence-electron chi connectivity index (χ4n) is 4.84. The highest BCUT2D eigenvalue weighted by Gasteiger charge is 2.76. The minimum absolute atomic E-state index is 0.174. The van der Waals surface area contributed by atoms with Gasteiger partial charge >= 0.3 is 0 Å². The van der Waals surface area contributed by atoms with E-state index in [1.807, 2.05) is 51.1 Å². The van der Waals surface area contributed by atoms with Gasteiger partial charge in [-0.25, -0.2) is 0 Å². The molecule has 2 N–H and O–H groups in total. The van der Waals surface area contributed by atoms with Crippen LogP contribution in [0.25, 0.3) is 0 Å². The van der Waals surface area contributed by atoms with Gasteiger partial charge in [0.2, 0.25) is 5.91 Å². The third-order valence-corrected chi connectivity index (χ3v) is 7.03. The molecule has 28 heavy (non-hydrogen) atoms. The number of carbonyl (C=O) groups excluding carboxylic acids is 2. The maximum atomic E-state index is 13.5. The van der Waals surface area contributed by atoms with Crippen LogP contribution in [0.3, 0.4) is 0 Å².